The number of amides is 2. The fourth-order valence-electron chi connectivity index (χ4n) is 2.97. The Hall–Kier alpha value is -3.68. The number of hydrogen-bond donors (Lipinski definition) is 1. The molecule has 2 amide bonds. The summed E-state index contributed by atoms with van der Waals surface area (Å²) >= 11 is 0. The number of non-ortho nitro benzene ring substituents is 1. The zero-order valence-corrected chi connectivity index (χ0v) is 15.4. The number of hydrogen-bond acceptors (Lipinski definition) is 5. The van der Waals surface area contributed by atoms with Gasteiger partial charge in [0.05, 0.1) is 16.5 Å². The van der Waals surface area contributed by atoms with Crippen LogP contribution in [0.15, 0.2) is 65.9 Å². The average Bonchev–Trinajstić information content (AvgIpc) is 2.70. The van der Waals surface area contributed by atoms with Crippen molar-refractivity contribution in [3.05, 3.63) is 87.1 Å². The highest BCUT2D eigenvalue weighted by Crippen LogP contribution is 2.32. The highest BCUT2D eigenvalue weighted by Gasteiger charge is 2.35. The summed E-state index contributed by atoms with van der Waals surface area (Å²) in [5, 5.41) is 13.8. The number of nitro groups is 1. The third-order valence-electron chi connectivity index (χ3n) is 4.60. The molecule has 1 aliphatic rings. The monoisotopic (exact) mass is 381 g/mol. The number of esters is 1. The van der Waals surface area contributed by atoms with E-state index < -0.39 is 23.0 Å². The molecule has 1 atom stereocenters. The van der Waals surface area contributed by atoms with E-state index in [0.717, 1.165) is 5.56 Å². The van der Waals surface area contributed by atoms with Crippen LogP contribution in [0.25, 0.3) is 0 Å². The fraction of sp³-hybridized carbons (Fsp3) is 0.200. The largest absolute Gasteiger partial charge is 0.457 e. The van der Waals surface area contributed by atoms with E-state index in [1.54, 1.807) is 20.0 Å². The molecule has 3 rings (SSSR count). The normalized spacial score (nSPS) is 16.6. The third-order valence-corrected chi connectivity index (χ3v) is 4.60. The van der Waals surface area contributed by atoms with Crippen LogP contribution < -0.4 is 5.32 Å². The van der Waals surface area contributed by atoms with Crippen LogP contribution in [-0.4, -0.2) is 28.9 Å². The zero-order valence-electron chi connectivity index (χ0n) is 15.4. The smallest absolute Gasteiger partial charge is 0.338 e. The first-order valence-corrected chi connectivity index (χ1v) is 8.59. The molecule has 0 saturated heterocycles. The minimum absolute atomic E-state index is 0.0791. The molecule has 8 heteroatoms. The van der Waals surface area contributed by atoms with E-state index in [1.807, 2.05) is 30.3 Å². The van der Waals surface area contributed by atoms with Gasteiger partial charge in [0.15, 0.2) is 0 Å². The molecule has 2 aromatic rings. The molecule has 144 valence electrons. The van der Waals surface area contributed by atoms with Crippen LogP contribution in [-0.2, 0) is 16.1 Å². The maximum Gasteiger partial charge on any atom is 0.338 e. The quantitative estimate of drug-likeness (QED) is 0.486. The summed E-state index contributed by atoms with van der Waals surface area (Å²) in [6.45, 7) is 1.72. The summed E-state index contributed by atoms with van der Waals surface area (Å²) in [7, 11) is 1.54. The first-order valence-electron chi connectivity index (χ1n) is 8.59. The van der Waals surface area contributed by atoms with Crippen molar-refractivity contribution >= 4 is 17.7 Å². The van der Waals surface area contributed by atoms with Crippen molar-refractivity contribution in [2.75, 3.05) is 7.05 Å². The molecule has 8 nitrogen and oxygen atoms in total. The summed E-state index contributed by atoms with van der Waals surface area (Å²) in [5.74, 6) is -0.593. The van der Waals surface area contributed by atoms with Crippen LogP contribution >= 0.6 is 0 Å². The van der Waals surface area contributed by atoms with E-state index in [2.05, 4.69) is 5.32 Å². The lowest BCUT2D eigenvalue weighted by Crippen LogP contribution is -2.46. The molecule has 0 saturated carbocycles. The van der Waals surface area contributed by atoms with Crippen LogP contribution in [0.5, 0.6) is 0 Å². The predicted molar refractivity (Wildman–Crippen MR) is 101 cm³/mol. The molecule has 0 aromatic heterocycles. The van der Waals surface area contributed by atoms with Crippen LogP contribution in [0.1, 0.15) is 24.1 Å². The standard InChI is InChI=1S/C20H19N3O5/c1-13-17(19(24)28-12-14-7-4-3-5-8-14)18(21-20(25)22(13)2)15-9-6-10-16(11-15)23(26)27/h3-11,18H,12H2,1-2H3,(H,21,25)/t18-/m0/s1. The molecule has 0 bridgehead atoms. The number of urea groups is 1. The second-order valence-electron chi connectivity index (χ2n) is 6.35. The lowest BCUT2D eigenvalue weighted by Gasteiger charge is -2.33. The summed E-state index contributed by atoms with van der Waals surface area (Å²) in [6, 6.07) is 13.8. The minimum atomic E-state index is -0.841. The Kier molecular flexibility index (Phi) is 5.39. The highest BCUT2D eigenvalue weighted by molar-refractivity contribution is 5.95. The minimum Gasteiger partial charge on any atom is -0.457 e. The molecule has 1 N–H and O–H groups in total. The maximum absolute atomic E-state index is 12.8. The SMILES string of the molecule is CC1=C(C(=O)OCc2ccccc2)[C@H](c2cccc([N+](=O)[O-])c2)NC(=O)N1C. The van der Waals surface area contributed by atoms with Gasteiger partial charge >= 0.3 is 12.0 Å². The number of allylic oxidation sites excluding steroid dienone is 1. The van der Waals surface area contributed by atoms with Gasteiger partial charge in [-0.3, -0.25) is 10.1 Å². The molecule has 1 aliphatic heterocycles. The number of benzene rings is 2. The summed E-state index contributed by atoms with van der Waals surface area (Å²) < 4.78 is 5.44. The van der Waals surface area contributed by atoms with Gasteiger partial charge in [-0.2, -0.15) is 0 Å². The number of ether oxygens (including phenoxy) is 1. The Bertz CT molecular complexity index is 955. The van der Waals surface area contributed by atoms with Crippen molar-refractivity contribution in [3.8, 4) is 0 Å². The van der Waals surface area contributed by atoms with E-state index in [9.17, 15) is 19.7 Å². The maximum atomic E-state index is 12.8. The molecular formula is C20H19N3O5. The number of rotatable bonds is 5. The number of nitrogens with one attached hydrogen (secondary N) is 1. The van der Waals surface area contributed by atoms with E-state index >= 15 is 0 Å². The molecule has 0 radical (unpaired) electrons. The highest BCUT2D eigenvalue weighted by atomic mass is 16.6. The topological polar surface area (TPSA) is 102 Å². The molecule has 0 fully saturated rings. The summed E-state index contributed by atoms with van der Waals surface area (Å²) in [6.07, 6.45) is 0. The molecule has 0 spiro atoms. The zero-order chi connectivity index (χ0) is 20.3. The Labute approximate surface area is 161 Å². The molecular weight excluding hydrogens is 362 g/mol. The van der Waals surface area contributed by atoms with Crippen molar-refractivity contribution in [1.29, 1.82) is 0 Å². The van der Waals surface area contributed by atoms with Crippen molar-refractivity contribution in [2.24, 2.45) is 0 Å². The second-order valence-corrected chi connectivity index (χ2v) is 6.35. The van der Waals surface area contributed by atoms with Gasteiger partial charge in [-0.05, 0) is 18.1 Å². The van der Waals surface area contributed by atoms with Gasteiger partial charge in [-0.15, -0.1) is 0 Å². The van der Waals surface area contributed by atoms with Crippen molar-refractivity contribution < 1.29 is 19.2 Å². The van der Waals surface area contributed by atoms with E-state index in [1.165, 1.54) is 23.1 Å². The van der Waals surface area contributed by atoms with Gasteiger partial charge in [-0.1, -0.05) is 42.5 Å². The van der Waals surface area contributed by atoms with Crippen molar-refractivity contribution in [2.45, 2.75) is 19.6 Å². The lowest BCUT2D eigenvalue weighted by atomic mass is 9.94. The van der Waals surface area contributed by atoms with E-state index in [4.69, 9.17) is 4.74 Å². The Balaban J connectivity index is 1.93. The van der Waals surface area contributed by atoms with Crippen LogP contribution in [0.4, 0.5) is 10.5 Å². The molecule has 0 unspecified atom stereocenters. The third kappa shape index (κ3) is 3.85. The van der Waals surface area contributed by atoms with E-state index in [-0.39, 0.29) is 17.9 Å². The number of carbonyl (C=O) groups is 2. The van der Waals surface area contributed by atoms with E-state index in [0.29, 0.717) is 11.3 Å². The summed E-state index contributed by atoms with van der Waals surface area (Å²) in [4.78, 5) is 37.0. The van der Waals surface area contributed by atoms with Crippen molar-refractivity contribution in [3.63, 3.8) is 0 Å². The predicted octanol–water partition coefficient (Wildman–Crippen LogP) is 3.31. The Morgan fingerprint density at radius 2 is 1.93 bits per heavy atom. The van der Waals surface area contributed by atoms with Gasteiger partial charge < -0.3 is 15.0 Å². The Morgan fingerprint density at radius 1 is 1.21 bits per heavy atom. The van der Waals surface area contributed by atoms with Gasteiger partial charge in [0.2, 0.25) is 0 Å². The van der Waals surface area contributed by atoms with Gasteiger partial charge in [0.1, 0.15) is 6.61 Å². The second kappa shape index (κ2) is 7.91. The lowest BCUT2D eigenvalue weighted by molar-refractivity contribution is -0.384. The van der Waals surface area contributed by atoms with Crippen LogP contribution in [0.3, 0.4) is 0 Å². The van der Waals surface area contributed by atoms with Gasteiger partial charge in [-0.25, -0.2) is 9.59 Å². The number of carbonyl (C=O) groups excluding carboxylic acids is 2. The fourth-order valence-corrected chi connectivity index (χ4v) is 2.97. The summed E-state index contributed by atoms with van der Waals surface area (Å²) in [5.41, 5.74) is 1.80. The van der Waals surface area contributed by atoms with Crippen LogP contribution in [0.2, 0.25) is 0 Å². The first-order chi connectivity index (χ1) is 13.4. The van der Waals surface area contributed by atoms with Gasteiger partial charge in [0, 0.05) is 24.9 Å². The van der Waals surface area contributed by atoms with Crippen LogP contribution in [0, 0.1) is 10.1 Å². The first kappa shape index (κ1) is 19.1. The number of nitrogens with zero attached hydrogens (tertiary/aromatic N) is 2. The molecule has 2 aromatic carbocycles. The Morgan fingerprint density at radius 3 is 2.61 bits per heavy atom. The molecule has 1 heterocycles. The molecule has 0 aliphatic carbocycles. The average molecular weight is 381 g/mol. The van der Waals surface area contributed by atoms with Gasteiger partial charge in [0.25, 0.3) is 5.69 Å². The number of nitro benzene ring substituents is 1. The van der Waals surface area contributed by atoms with Crippen molar-refractivity contribution in [1.82, 2.24) is 10.2 Å². The molecule has 28 heavy (non-hydrogen) atoms.